The highest BCUT2D eigenvalue weighted by Crippen LogP contribution is 2.19. The average molecular weight is 254 g/mol. The highest BCUT2D eigenvalue weighted by atomic mass is 32.2. The van der Waals surface area contributed by atoms with E-state index in [1.807, 2.05) is 0 Å². The van der Waals surface area contributed by atoms with Crippen molar-refractivity contribution in [3.8, 4) is 0 Å². The van der Waals surface area contributed by atoms with E-state index < -0.39 is 10.0 Å². The summed E-state index contributed by atoms with van der Waals surface area (Å²) in [6, 6.07) is 6.26. The van der Waals surface area contributed by atoms with Gasteiger partial charge < -0.3 is 5.32 Å². The van der Waals surface area contributed by atoms with Crippen LogP contribution in [-0.2, 0) is 10.0 Å². The summed E-state index contributed by atoms with van der Waals surface area (Å²) >= 11 is 0. The van der Waals surface area contributed by atoms with Gasteiger partial charge in [-0.15, -0.1) is 0 Å². The minimum atomic E-state index is -3.50. The zero-order chi connectivity index (χ0) is 12.5. The predicted octanol–water partition coefficient (Wildman–Crippen LogP) is 0.487. The maximum absolute atomic E-state index is 11.7. The maximum atomic E-state index is 11.7. The van der Waals surface area contributed by atoms with Crippen LogP contribution in [0.5, 0.6) is 0 Å². The van der Waals surface area contributed by atoms with Gasteiger partial charge in [-0.25, -0.2) is 13.1 Å². The molecule has 0 aromatic heterocycles. The van der Waals surface area contributed by atoms with Crippen LogP contribution in [0.4, 0.5) is 0 Å². The first-order chi connectivity index (χ1) is 8.03. The Bertz CT molecular complexity index is 535. The fraction of sp³-hybridized carbons (Fsp3) is 0.364. The number of rotatable bonds is 4. The molecule has 0 spiro atoms. The van der Waals surface area contributed by atoms with E-state index in [-0.39, 0.29) is 16.8 Å². The van der Waals surface area contributed by atoms with Gasteiger partial charge in [-0.3, -0.25) is 4.79 Å². The summed E-state index contributed by atoms with van der Waals surface area (Å²) in [5, 5.41) is 2.81. The van der Waals surface area contributed by atoms with E-state index in [0.29, 0.717) is 5.56 Å². The maximum Gasteiger partial charge on any atom is 0.251 e. The van der Waals surface area contributed by atoms with E-state index in [0.717, 1.165) is 12.8 Å². The summed E-state index contributed by atoms with van der Waals surface area (Å²) in [6.45, 7) is 0. The van der Waals surface area contributed by atoms with E-state index >= 15 is 0 Å². The molecule has 0 unspecified atom stereocenters. The van der Waals surface area contributed by atoms with Crippen LogP contribution in [0.1, 0.15) is 23.2 Å². The predicted molar refractivity (Wildman–Crippen MR) is 63.2 cm³/mol. The van der Waals surface area contributed by atoms with Crippen LogP contribution in [0.3, 0.4) is 0 Å². The Hall–Kier alpha value is -1.40. The Morgan fingerprint density at radius 2 is 2.06 bits per heavy atom. The Kier molecular flexibility index (Phi) is 3.17. The van der Waals surface area contributed by atoms with Crippen molar-refractivity contribution in [2.75, 3.05) is 7.05 Å². The van der Waals surface area contributed by atoms with Crippen LogP contribution in [0.2, 0.25) is 0 Å². The van der Waals surface area contributed by atoms with Gasteiger partial charge >= 0.3 is 0 Å². The number of amides is 1. The van der Waals surface area contributed by atoms with Crippen molar-refractivity contribution in [2.24, 2.45) is 0 Å². The largest absolute Gasteiger partial charge is 0.349 e. The van der Waals surface area contributed by atoms with E-state index in [1.165, 1.54) is 19.2 Å². The minimum Gasteiger partial charge on any atom is -0.349 e. The molecule has 1 aliphatic rings. The number of hydrogen-bond donors (Lipinski definition) is 2. The summed E-state index contributed by atoms with van der Waals surface area (Å²) in [7, 11) is -2.16. The van der Waals surface area contributed by atoms with Crippen LogP contribution >= 0.6 is 0 Å². The molecule has 1 aromatic carbocycles. The summed E-state index contributed by atoms with van der Waals surface area (Å²) in [6.07, 6.45) is 2.00. The Morgan fingerprint density at radius 3 is 2.65 bits per heavy atom. The van der Waals surface area contributed by atoms with Gasteiger partial charge in [-0.2, -0.15) is 0 Å². The lowest BCUT2D eigenvalue weighted by atomic mass is 10.2. The lowest BCUT2D eigenvalue weighted by Gasteiger charge is -2.06. The smallest absolute Gasteiger partial charge is 0.251 e. The normalized spacial score (nSPS) is 15.6. The van der Waals surface area contributed by atoms with Crippen LogP contribution in [-0.4, -0.2) is 27.4 Å². The van der Waals surface area contributed by atoms with Crippen molar-refractivity contribution in [2.45, 2.75) is 23.8 Å². The molecular weight excluding hydrogens is 240 g/mol. The molecule has 5 nitrogen and oxygen atoms in total. The third-order valence-electron chi connectivity index (χ3n) is 2.59. The van der Waals surface area contributed by atoms with Crippen molar-refractivity contribution >= 4 is 15.9 Å². The molecule has 2 N–H and O–H groups in total. The van der Waals surface area contributed by atoms with Gasteiger partial charge in [0.05, 0.1) is 4.90 Å². The molecule has 1 saturated carbocycles. The molecule has 0 aliphatic heterocycles. The van der Waals surface area contributed by atoms with E-state index in [1.54, 1.807) is 12.1 Å². The van der Waals surface area contributed by atoms with Crippen molar-refractivity contribution in [3.05, 3.63) is 29.8 Å². The fourth-order valence-electron chi connectivity index (χ4n) is 1.42. The van der Waals surface area contributed by atoms with Gasteiger partial charge in [0.1, 0.15) is 0 Å². The number of sulfonamides is 1. The quantitative estimate of drug-likeness (QED) is 0.821. The second-order valence-electron chi connectivity index (χ2n) is 3.98. The number of carbonyl (C=O) groups is 1. The first kappa shape index (κ1) is 12.1. The monoisotopic (exact) mass is 254 g/mol. The second kappa shape index (κ2) is 4.46. The molecule has 92 valence electrons. The third kappa shape index (κ3) is 2.83. The van der Waals surface area contributed by atoms with Crippen molar-refractivity contribution in [3.63, 3.8) is 0 Å². The zero-order valence-electron chi connectivity index (χ0n) is 9.43. The van der Waals surface area contributed by atoms with Crippen LogP contribution in [0.15, 0.2) is 29.2 Å². The summed E-state index contributed by atoms with van der Waals surface area (Å²) in [4.78, 5) is 11.8. The van der Waals surface area contributed by atoms with Gasteiger partial charge in [0.25, 0.3) is 5.91 Å². The molecule has 1 aliphatic carbocycles. The Morgan fingerprint density at radius 1 is 1.35 bits per heavy atom. The summed E-state index contributed by atoms with van der Waals surface area (Å²) < 4.78 is 25.4. The van der Waals surface area contributed by atoms with Crippen LogP contribution in [0.25, 0.3) is 0 Å². The molecule has 1 fully saturated rings. The van der Waals surface area contributed by atoms with Gasteiger partial charge in [0.15, 0.2) is 0 Å². The van der Waals surface area contributed by atoms with E-state index in [9.17, 15) is 13.2 Å². The van der Waals surface area contributed by atoms with Crippen molar-refractivity contribution < 1.29 is 13.2 Å². The first-order valence-corrected chi connectivity index (χ1v) is 6.86. The highest BCUT2D eigenvalue weighted by molar-refractivity contribution is 7.89. The molecule has 0 radical (unpaired) electrons. The van der Waals surface area contributed by atoms with Gasteiger partial charge in [0.2, 0.25) is 10.0 Å². The lowest BCUT2D eigenvalue weighted by Crippen LogP contribution is -2.26. The Balaban J connectivity index is 2.24. The molecule has 0 bridgehead atoms. The number of carbonyl (C=O) groups excluding carboxylic acids is 1. The minimum absolute atomic E-state index is 0.100. The summed E-state index contributed by atoms with van der Waals surface area (Å²) in [5.74, 6) is -0.222. The topological polar surface area (TPSA) is 75.3 Å². The third-order valence-corrected chi connectivity index (χ3v) is 4.00. The van der Waals surface area contributed by atoms with Crippen LogP contribution in [0, 0.1) is 0 Å². The van der Waals surface area contributed by atoms with Gasteiger partial charge in [-0.05, 0) is 38.1 Å². The second-order valence-corrected chi connectivity index (χ2v) is 5.87. The lowest BCUT2D eigenvalue weighted by molar-refractivity contribution is 0.0951. The number of nitrogens with one attached hydrogen (secondary N) is 2. The number of hydrogen-bond acceptors (Lipinski definition) is 3. The fourth-order valence-corrected chi connectivity index (χ4v) is 2.19. The molecular formula is C11H14N2O3S. The number of benzene rings is 1. The van der Waals surface area contributed by atoms with Gasteiger partial charge in [-0.1, -0.05) is 6.07 Å². The standard InChI is InChI=1S/C11H14N2O3S/c1-12-17(15,16)10-4-2-3-8(7-10)11(14)13-9-5-6-9/h2-4,7,9,12H,5-6H2,1H3,(H,13,14). The molecule has 0 saturated heterocycles. The Labute approximate surface area is 100 Å². The molecule has 1 aromatic rings. The van der Waals surface area contributed by atoms with E-state index in [4.69, 9.17) is 0 Å². The molecule has 6 heteroatoms. The molecule has 0 heterocycles. The molecule has 1 amide bonds. The SMILES string of the molecule is CNS(=O)(=O)c1cccc(C(=O)NC2CC2)c1. The van der Waals surface area contributed by atoms with Crippen molar-refractivity contribution in [1.29, 1.82) is 0 Å². The summed E-state index contributed by atoms with van der Waals surface area (Å²) in [5.41, 5.74) is 0.369. The zero-order valence-corrected chi connectivity index (χ0v) is 10.3. The van der Waals surface area contributed by atoms with Crippen molar-refractivity contribution in [1.82, 2.24) is 10.0 Å². The average Bonchev–Trinajstić information content (AvgIpc) is 3.13. The van der Waals surface area contributed by atoms with Crippen LogP contribution < -0.4 is 10.0 Å². The molecule has 2 rings (SSSR count). The van der Waals surface area contributed by atoms with E-state index in [2.05, 4.69) is 10.0 Å². The first-order valence-electron chi connectivity index (χ1n) is 5.37. The molecule has 0 atom stereocenters. The highest BCUT2D eigenvalue weighted by Gasteiger charge is 2.24. The molecule has 17 heavy (non-hydrogen) atoms. The van der Waals surface area contributed by atoms with Gasteiger partial charge in [0, 0.05) is 11.6 Å².